The molecule has 0 saturated heterocycles. The molecule has 0 bridgehead atoms. The summed E-state index contributed by atoms with van der Waals surface area (Å²) >= 11 is 0. The maximum absolute atomic E-state index is 13.0. The molecule has 1 aromatic carbocycles. The van der Waals surface area contributed by atoms with Crippen LogP contribution in [0.4, 0.5) is 4.39 Å². The molecular weight excluding hydrogens is 191 g/mol. The molecule has 2 heteroatoms. The first-order valence-electron chi connectivity index (χ1n) is 5.41. The average Bonchev–Trinajstić information content (AvgIpc) is 2.15. The fourth-order valence-electron chi connectivity index (χ4n) is 2.26. The summed E-state index contributed by atoms with van der Waals surface area (Å²) in [5.41, 5.74) is 1.35. The van der Waals surface area contributed by atoms with E-state index in [-0.39, 0.29) is 11.2 Å². The highest BCUT2D eigenvalue weighted by atomic mass is 19.1. The van der Waals surface area contributed by atoms with Crippen molar-refractivity contribution in [1.29, 1.82) is 0 Å². The Hall–Kier alpha value is -1.05. The van der Waals surface area contributed by atoms with Gasteiger partial charge in [0.15, 0.2) is 0 Å². The monoisotopic (exact) mass is 208 g/mol. The van der Waals surface area contributed by atoms with E-state index in [1.807, 2.05) is 6.07 Å². The minimum absolute atomic E-state index is 0.205. The standard InChI is InChI=1S/C13H17FO/c1-13(2,3)11-6-7-15-12-8-9(14)4-5-10(11)12/h4-5,8,11H,6-7H2,1-3H3. The number of fused-ring (bicyclic) bond motifs is 1. The molecule has 0 radical (unpaired) electrons. The number of halogens is 1. The lowest BCUT2D eigenvalue weighted by Gasteiger charge is -2.35. The Balaban J connectivity index is 2.43. The SMILES string of the molecule is CC(C)(C)C1CCOc2cc(F)ccc21. The van der Waals surface area contributed by atoms with Gasteiger partial charge in [-0.25, -0.2) is 4.39 Å². The fourth-order valence-corrected chi connectivity index (χ4v) is 2.26. The Bertz CT molecular complexity index is 365. The van der Waals surface area contributed by atoms with Crippen LogP contribution in [0.15, 0.2) is 18.2 Å². The molecule has 0 aliphatic carbocycles. The molecule has 0 amide bonds. The normalized spacial score (nSPS) is 20.7. The number of benzene rings is 1. The highest BCUT2D eigenvalue weighted by Gasteiger charge is 2.31. The van der Waals surface area contributed by atoms with Crippen LogP contribution in [-0.4, -0.2) is 6.61 Å². The van der Waals surface area contributed by atoms with Gasteiger partial charge in [-0.05, 0) is 29.4 Å². The van der Waals surface area contributed by atoms with E-state index in [0.717, 1.165) is 17.7 Å². The maximum Gasteiger partial charge on any atom is 0.126 e. The maximum atomic E-state index is 13.0. The third-order valence-corrected chi connectivity index (χ3v) is 3.06. The summed E-state index contributed by atoms with van der Waals surface area (Å²) in [6.07, 6.45) is 1.02. The molecule has 1 aliphatic heterocycles. The highest BCUT2D eigenvalue weighted by molar-refractivity contribution is 5.39. The zero-order valence-corrected chi connectivity index (χ0v) is 9.51. The van der Waals surface area contributed by atoms with Crippen LogP contribution >= 0.6 is 0 Å². The molecule has 15 heavy (non-hydrogen) atoms. The van der Waals surface area contributed by atoms with Crippen molar-refractivity contribution in [3.63, 3.8) is 0 Å². The van der Waals surface area contributed by atoms with Gasteiger partial charge in [0.2, 0.25) is 0 Å². The van der Waals surface area contributed by atoms with Crippen molar-refractivity contribution in [1.82, 2.24) is 0 Å². The molecule has 0 saturated carbocycles. The van der Waals surface area contributed by atoms with Gasteiger partial charge < -0.3 is 4.74 Å². The Morgan fingerprint density at radius 3 is 2.73 bits per heavy atom. The zero-order valence-electron chi connectivity index (χ0n) is 9.51. The Labute approximate surface area is 90.3 Å². The predicted molar refractivity (Wildman–Crippen MR) is 58.7 cm³/mol. The second kappa shape index (κ2) is 3.51. The van der Waals surface area contributed by atoms with Crippen LogP contribution in [0.3, 0.4) is 0 Å². The summed E-state index contributed by atoms with van der Waals surface area (Å²) < 4.78 is 18.5. The van der Waals surface area contributed by atoms with E-state index >= 15 is 0 Å². The summed E-state index contributed by atoms with van der Waals surface area (Å²) in [6.45, 7) is 7.35. The van der Waals surface area contributed by atoms with E-state index < -0.39 is 0 Å². The Morgan fingerprint density at radius 2 is 2.07 bits per heavy atom. The van der Waals surface area contributed by atoms with E-state index in [9.17, 15) is 4.39 Å². The van der Waals surface area contributed by atoms with Crippen molar-refractivity contribution in [2.75, 3.05) is 6.61 Å². The molecule has 1 aromatic rings. The summed E-state index contributed by atoms with van der Waals surface area (Å²) in [5.74, 6) is 0.964. The number of hydrogen-bond donors (Lipinski definition) is 0. The van der Waals surface area contributed by atoms with Gasteiger partial charge in [-0.1, -0.05) is 26.8 Å². The van der Waals surface area contributed by atoms with Gasteiger partial charge in [0.25, 0.3) is 0 Å². The summed E-state index contributed by atoms with van der Waals surface area (Å²) in [6, 6.07) is 4.87. The van der Waals surface area contributed by atoms with Crippen molar-refractivity contribution in [3.8, 4) is 5.75 Å². The molecule has 1 aliphatic rings. The van der Waals surface area contributed by atoms with Crippen LogP contribution in [-0.2, 0) is 0 Å². The van der Waals surface area contributed by atoms with Crippen LogP contribution in [0, 0.1) is 11.2 Å². The summed E-state index contributed by atoms with van der Waals surface area (Å²) in [7, 11) is 0. The van der Waals surface area contributed by atoms with Gasteiger partial charge in [-0.2, -0.15) is 0 Å². The van der Waals surface area contributed by atoms with Crippen LogP contribution in [0.5, 0.6) is 5.75 Å². The molecule has 2 rings (SSSR count). The molecule has 0 aromatic heterocycles. The van der Waals surface area contributed by atoms with Gasteiger partial charge in [0, 0.05) is 6.07 Å². The molecular formula is C13H17FO. The summed E-state index contributed by atoms with van der Waals surface area (Å²) in [4.78, 5) is 0. The van der Waals surface area contributed by atoms with E-state index in [0.29, 0.717) is 12.5 Å². The van der Waals surface area contributed by atoms with Gasteiger partial charge in [-0.3, -0.25) is 0 Å². The minimum atomic E-state index is -0.219. The van der Waals surface area contributed by atoms with Gasteiger partial charge in [0.1, 0.15) is 11.6 Å². The molecule has 0 fully saturated rings. The fraction of sp³-hybridized carbons (Fsp3) is 0.538. The van der Waals surface area contributed by atoms with E-state index in [1.165, 1.54) is 12.1 Å². The zero-order chi connectivity index (χ0) is 11.1. The summed E-state index contributed by atoms with van der Waals surface area (Å²) in [5, 5.41) is 0. The highest BCUT2D eigenvalue weighted by Crippen LogP contribution is 2.44. The molecule has 1 atom stereocenters. The average molecular weight is 208 g/mol. The van der Waals surface area contributed by atoms with Crippen LogP contribution in [0.25, 0.3) is 0 Å². The molecule has 1 heterocycles. The van der Waals surface area contributed by atoms with Crippen molar-refractivity contribution >= 4 is 0 Å². The molecule has 1 unspecified atom stereocenters. The minimum Gasteiger partial charge on any atom is -0.493 e. The smallest absolute Gasteiger partial charge is 0.126 e. The first kappa shape index (κ1) is 10.5. The number of hydrogen-bond acceptors (Lipinski definition) is 1. The second-order valence-corrected chi connectivity index (χ2v) is 5.24. The quantitative estimate of drug-likeness (QED) is 0.631. The lowest BCUT2D eigenvalue weighted by atomic mass is 9.74. The Morgan fingerprint density at radius 1 is 1.33 bits per heavy atom. The molecule has 0 spiro atoms. The third kappa shape index (κ3) is 1.99. The van der Waals surface area contributed by atoms with Gasteiger partial charge in [0.05, 0.1) is 6.61 Å². The van der Waals surface area contributed by atoms with Crippen molar-refractivity contribution < 1.29 is 9.13 Å². The van der Waals surface area contributed by atoms with Crippen LogP contribution in [0.1, 0.15) is 38.7 Å². The van der Waals surface area contributed by atoms with Gasteiger partial charge in [-0.15, -0.1) is 0 Å². The largest absolute Gasteiger partial charge is 0.493 e. The molecule has 82 valence electrons. The lowest BCUT2D eigenvalue weighted by molar-refractivity contribution is 0.203. The van der Waals surface area contributed by atoms with Crippen molar-refractivity contribution in [3.05, 3.63) is 29.6 Å². The Kier molecular flexibility index (Phi) is 2.45. The molecule has 1 nitrogen and oxygen atoms in total. The van der Waals surface area contributed by atoms with Crippen LogP contribution in [0.2, 0.25) is 0 Å². The first-order chi connectivity index (χ1) is 6.98. The van der Waals surface area contributed by atoms with E-state index in [4.69, 9.17) is 4.74 Å². The molecule has 0 N–H and O–H groups in total. The number of rotatable bonds is 0. The second-order valence-electron chi connectivity index (χ2n) is 5.24. The van der Waals surface area contributed by atoms with E-state index in [2.05, 4.69) is 20.8 Å². The van der Waals surface area contributed by atoms with Crippen LogP contribution < -0.4 is 4.74 Å². The van der Waals surface area contributed by atoms with Gasteiger partial charge >= 0.3 is 0 Å². The van der Waals surface area contributed by atoms with E-state index in [1.54, 1.807) is 0 Å². The lowest BCUT2D eigenvalue weighted by Crippen LogP contribution is -2.25. The number of ether oxygens (including phenoxy) is 1. The first-order valence-corrected chi connectivity index (χ1v) is 5.41. The van der Waals surface area contributed by atoms with Crippen molar-refractivity contribution in [2.24, 2.45) is 5.41 Å². The third-order valence-electron chi connectivity index (χ3n) is 3.06. The predicted octanol–water partition coefficient (Wildman–Crippen LogP) is 3.74. The topological polar surface area (TPSA) is 9.23 Å². The van der Waals surface area contributed by atoms with Crippen molar-refractivity contribution in [2.45, 2.75) is 33.1 Å².